The van der Waals surface area contributed by atoms with Crippen LogP contribution in [-0.4, -0.2) is 35.6 Å². The summed E-state index contributed by atoms with van der Waals surface area (Å²) in [5, 5.41) is 7.10. The normalized spacial score (nSPS) is 19.6. The molecular formula is C16H19N3O3S. The van der Waals surface area contributed by atoms with Gasteiger partial charge in [0, 0.05) is 24.7 Å². The predicted molar refractivity (Wildman–Crippen MR) is 86.8 cm³/mol. The van der Waals surface area contributed by atoms with E-state index >= 15 is 0 Å². The Morgan fingerprint density at radius 3 is 2.78 bits per heavy atom. The number of hydrogen-bond acceptors (Lipinski definition) is 4. The molecule has 0 bridgehead atoms. The molecule has 2 aromatic rings. The zero-order valence-electron chi connectivity index (χ0n) is 12.7. The molecule has 0 spiro atoms. The molecule has 122 valence electrons. The van der Waals surface area contributed by atoms with Crippen LogP contribution in [0.4, 0.5) is 0 Å². The van der Waals surface area contributed by atoms with Crippen LogP contribution in [-0.2, 0) is 21.2 Å². The van der Waals surface area contributed by atoms with Crippen LogP contribution < -0.4 is 5.32 Å². The molecule has 1 aromatic heterocycles. The topological polar surface area (TPSA) is 81.1 Å². The van der Waals surface area contributed by atoms with Gasteiger partial charge in [-0.05, 0) is 24.5 Å². The van der Waals surface area contributed by atoms with Crippen LogP contribution in [0.2, 0.25) is 0 Å². The zero-order chi connectivity index (χ0) is 16.3. The maximum absolute atomic E-state index is 11.9. The molecule has 0 saturated carbocycles. The third kappa shape index (κ3) is 4.19. The molecule has 6 nitrogen and oxygen atoms in total. The molecule has 7 heteroatoms. The molecule has 1 aliphatic heterocycles. The van der Waals surface area contributed by atoms with E-state index in [0.29, 0.717) is 13.0 Å². The number of benzene rings is 1. The molecule has 23 heavy (non-hydrogen) atoms. The molecule has 1 aliphatic rings. The monoisotopic (exact) mass is 333 g/mol. The van der Waals surface area contributed by atoms with Crippen molar-refractivity contribution in [1.82, 2.24) is 15.1 Å². The van der Waals surface area contributed by atoms with Crippen molar-refractivity contribution in [2.24, 2.45) is 5.92 Å². The Morgan fingerprint density at radius 2 is 2.09 bits per heavy atom. The quantitative estimate of drug-likeness (QED) is 0.894. The first kappa shape index (κ1) is 15.7. The Kier molecular flexibility index (Phi) is 4.47. The summed E-state index contributed by atoms with van der Waals surface area (Å²) < 4.78 is 24.5. The number of nitrogens with zero attached hydrogens (tertiary/aromatic N) is 2. The van der Waals surface area contributed by atoms with Crippen LogP contribution in [0.15, 0.2) is 42.7 Å². The summed E-state index contributed by atoms with van der Waals surface area (Å²) in [4.78, 5) is 11.9. The van der Waals surface area contributed by atoms with Crippen LogP contribution in [0, 0.1) is 5.92 Å². The van der Waals surface area contributed by atoms with Crippen LogP contribution in [0.5, 0.6) is 0 Å². The van der Waals surface area contributed by atoms with Crippen molar-refractivity contribution in [3.05, 3.63) is 48.3 Å². The molecule has 2 heterocycles. The molecule has 1 saturated heterocycles. The smallest absolute Gasteiger partial charge is 0.220 e. The Bertz CT molecular complexity index is 784. The molecule has 1 fully saturated rings. The fourth-order valence-electron chi connectivity index (χ4n) is 2.74. The summed E-state index contributed by atoms with van der Waals surface area (Å²) in [6.45, 7) is 0.394. The van der Waals surface area contributed by atoms with Crippen molar-refractivity contribution in [3.63, 3.8) is 0 Å². The Hall–Kier alpha value is -2.15. The SMILES string of the molecule is O=C(CC1CCS(=O)(=O)C1)NCc1cnn(-c2ccccc2)c1. The molecule has 1 N–H and O–H groups in total. The Labute approximate surface area is 135 Å². The average molecular weight is 333 g/mol. The summed E-state index contributed by atoms with van der Waals surface area (Å²) in [7, 11) is -2.93. The minimum Gasteiger partial charge on any atom is -0.352 e. The van der Waals surface area contributed by atoms with E-state index in [1.807, 2.05) is 36.5 Å². The van der Waals surface area contributed by atoms with Crippen molar-refractivity contribution >= 4 is 15.7 Å². The summed E-state index contributed by atoms with van der Waals surface area (Å²) >= 11 is 0. The highest BCUT2D eigenvalue weighted by atomic mass is 32.2. The second kappa shape index (κ2) is 6.54. The highest BCUT2D eigenvalue weighted by molar-refractivity contribution is 7.91. The van der Waals surface area contributed by atoms with E-state index in [1.54, 1.807) is 10.9 Å². The third-order valence-electron chi connectivity index (χ3n) is 3.95. The average Bonchev–Trinajstić information content (AvgIpc) is 3.13. The first-order valence-corrected chi connectivity index (χ1v) is 9.40. The van der Waals surface area contributed by atoms with Gasteiger partial charge >= 0.3 is 0 Å². The molecule has 3 rings (SSSR count). The first-order chi connectivity index (χ1) is 11.0. The lowest BCUT2D eigenvalue weighted by atomic mass is 10.1. The number of nitrogens with one attached hydrogen (secondary N) is 1. The Balaban J connectivity index is 1.51. The van der Waals surface area contributed by atoms with Gasteiger partial charge in [0.25, 0.3) is 0 Å². The fraction of sp³-hybridized carbons (Fsp3) is 0.375. The molecule has 1 amide bonds. The lowest BCUT2D eigenvalue weighted by Crippen LogP contribution is -2.25. The van der Waals surface area contributed by atoms with E-state index in [2.05, 4.69) is 10.4 Å². The lowest BCUT2D eigenvalue weighted by Gasteiger charge is -2.07. The van der Waals surface area contributed by atoms with Gasteiger partial charge in [0.2, 0.25) is 5.91 Å². The number of rotatable bonds is 5. The zero-order valence-corrected chi connectivity index (χ0v) is 13.5. The maximum Gasteiger partial charge on any atom is 0.220 e. The second-order valence-corrected chi connectivity index (χ2v) is 8.11. The number of aromatic nitrogens is 2. The summed E-state index contributed by atoms with van der Waals surface area (Å²) in [5.74, 6) is 0.174. The van der Waals surface area contributed by atoms with E-state index in [4.69, 9.17) is 0 Å². The molecule has 1 atom stereocenters. The van der Waals surface area contributed by atoms with Gasteiger partial charge in [0.1, 0.15) is 0 Å². The van der Waals surface area contributed by atoms with E-state index in [0.717, 1.165) is 11.3 Å². The van der Waals surface area contributed by atoms with Gasteiger partial charge in [-0.15, -0.1) is 0 Å². The maximum atomic E-state index is 11.9. The van der Waals surface area contributed by atoms with Gasteiger partial charge in [0.05, 0.1) is 23.4 Å². The highest BCUT2D eigenvalue weighted by Gasteiger charge is 2.29. The number of carbonyl (C=O) groups excluding carboxylic acids is 1. The first-order valence-electron chi connectivity index (χ1n) is 7.58. The number of carbonyl (C=O) groups is 1. The van der Waals surface area contributed by atoms with Crippen molar-refractivity contribution < 1.29 is 13.2 Å². The Morgan fingerprint density at radius 1 is 1.30 bits per heavy atom. The van der Waals surface area contributed by atoms with Gasteiger partial charge in [-0.3, -0.25) is 4.79 Å². The molecular weight excluding hydrogens is 314 g/mol. The van der Waals surface area contributed by atoms with E-state index in [-0.39, 0.29) is 29.8 Å². The standard InChI is InChI=1S/C16H19N3O3S/c20-16(8-13-6-7-23(21,22)12-13)17-9-14-10-18-19(11-14)15-4-2-1-3-5-15/h1-5,10-11,13H,6-9,12H2,(H,17,20). The second-order valence-electron chi connectivity index (χ2n) is 5.88. The summed E-state index contributed by atoms with van der Waals surface area (Å²) in [6, 6.07) is 9.73. The van der Waals surface area contributed by atoms with Crippen molar-refractivity contribution in [2.45, 2.75) is 19.4 Å². The van der Waals surface area contributed by atoms with Gasteiger partial charge in [-0.1, -0.05) is 18.2 Å². The predicted octanol–water partition coefficient (Wildman–Crippen LogP) is 1.31. The van der Waals surface area contributed by atoms with E-state index in [1.165, 1.54) is 0 Å². The summed E-state index contributed by atoms with van der Waals surface area (Å²) in [5.41, 5.74) is 1.86. The van der Waals surface area contributed by atoms with Gasteiger partial charge in [-0.2, -0.15) is 5.10 Å². The third-order valence-corrected chi connectivity index (χ3v) is 5.78. The summed E-state index contributed by atoms with van der Waals surface area (Å²) in [6.07, 6.45) is 4.44. The van der Waals surface area contributed by atoms with Crippen LogP contribution in [0.25, 0.3) is 5.69 Å². The number of para-hydroxylation sites is 1. The number of sulfone groups is 1. The van der Waals surface area contributed by atoms with Gasteiger partial charge in [0.15, 0.2) is 9.84 Å². The van der Waals surface area contributed by atoms with Gasteiger partial charge in [-0.25, -0.2) is 13.1 Å². The molecule has 0 radical (unpaired) electrons. The molecule has 0 aliphatic carbocycles. The van der Waals surface area contributed by atoms with E-state index in [9.17, 15) is 13.2 Å². The molecule has 1 aromatic carbocycles. The fourth-order valence-corrected chi connectivity index (χ4v) is 4.60. The van der Waals surface area contributed by atoms with Crippen LogP contribution in [0.1, 0.15) is 18.4 Å². The number of hydrogen-bond donors (Lipinski definition) is 1. The lowest BCUT2D eigenvalue weighted by molar-refractivity contribution is -0.122. The van der Waals surface area contributed by atoms with Gasteiger partial charge < -0.3 is 5.32 Å². The molecule has 1 unspecified atom stereocenters. The van der Waals surface area contributed by atoms with Crippen molar-refractivity contribution in [3.8, 4) is 5.69 Å². The van der Waals surface area contributed by atoms with E-state index < -0.39 is 9.84 Å². The van der Waals surface area contributed by atoms with Crippen molar-refractivity contribution in [1.29, 1.82) is 0 Å². The number of amides is 1. The van der Waals surface area contributed by atoms with Crippen molar-refractivity contribution in [2.75, 3.05) is 11.5 Å². The minimum absolute atomic E-state index is 0.0490. The van der Waals surface area contributed by atoms with Crippen LogP contribution in [0.3, 0.4) is 0 Å². The van der Waals surface area contributed by atoms with Crippen LogP contribution >= 0.6 is 0 Å². The highest BCUT2D eigenvalue weighted by Crippen LogP contribution is 2.21. The minimum atomic E-state index is -2.93. The largest absolute Gasteiger partial charge is 0.352 e.